The summed E-state index contributed by atoms with van der Waals surface area (Å²) in [5.41, 5.74) is 2.85. The summed E-state index contributed by atoms with van der Waals surface area (Å²) in [6, 6.07) is 14.3. The van der Waals surface area contributed by atoms with Crippen LogP contribution in [0.25, 0.3) is 11.3 Å². The Kier molecular flexibility index (Phi) is 6.67. The predicted molar refractivity (Wildman–Crippen MR) is 103 cm³/mol. The van der Waals surface area contributed by atoms with E-state index in [0.29, 0.717) is 11.9 Å². The molecule has 1 heterocycles. The van der Waals surface area contributed by atoms with Crippen molar-refractivity contribution >= 4 is 5.91 Å². The molecule has 0 saturated heterocycles. The molecule has 150 valence electrons. The summed E-state index contributed by atoms with van der Waals surface area (Å²) in [5.74, 6) is -1.90. The number of hydrogen-bond acceptors (Lipinski definition) is 5. The topological polar surface area (TPSA) is 73.3 Å². The number of aryl methyl sites for hydroxylation is 1. The van der Waals surface area contributed by atoms with E-state index in [1.54, 1.807) is 12.1 Å². The van der Waals surface area contributed by atoms with Gasteiger partial charge >= 0.3 is 0 Å². The molecule has 1 aromatic heterocycles. The molecule has 0 saturated carbocycles. The van der Waals surface area contributed by atoms with Crippen molar-refractivity contribution in [1.82, 2.24) is 15.5 Å². The molecule has 0 spiro atoms. The zero-order chi connectivity index (χ0) is 20.6. The Morgan fingerprint density at radius 2 is 1.79 bits per heavy atom. The number of aromatic nitrogens is 2. The van der Waals surface area contributed by atoms with Gasteiger partial charge in [-0.05, 0) is 25.1 Å². The van der Waals surface area contributed by atoms with Gasteiger partial charge in [-0.25, -0.2) is 8.78 Å². The highest BCUT2D eigenvalue weighted by Crippen LogP contribution is 2.18. The Balaban J connectivity index is 1.38. The van der Waals surface area contributed by atoms with E-state index >= 15 is 0 Å². The molecule has 0 aliphatic heterocycles. The zero-order valence-electron chi connectivity index (χ0n) is 15.7. The molecule has 2 aromatic carbocycles. The molecule has 8 heteroatoms. The van der Waals surface area contributed by atoms with Crippen LogP contribution in [0.5, 0.6) is 11.6 Å². The summed E-state index contributed by atoms with van der Waals surface area (Å²) in [7, 11) is 0. The number of amides is 1. The van der Waals surface area contributed by atoms with Crippen LogP contribution in [0.15, 0.2) is 54.6 Å². The van der Waals surface area contributed by atoms with Crippen LogP contribution in [-0.4, -0.2) is 35.9 Å². The quantitative estimate of drug-likeness (QED) is 0.589. The monoisotopic (exact) mass is 399 g/mol. The molecule has 0 unspecified atom stereocenters. The molecular weight excluding hydrogens is 380 g/mol. The van der Waals surface area contributed by atoms with Crippen molar-refractivity contribution in [1.29, 1.82) is 0 Å². The van der Waals surface area contributed by atoms with Gasteiger partial charge in [0.2, 0.25) is 5.88 Å². The summed E-state index contributed by atoms with van der Waals surface area (Å²) in [4.78, 5) is 11.7. The van der Waals surface area contributed by atoms with Gasteiger partial charge in [-0.2, -0.15) is 0 Å². The first-order valence-corrected chi connectivity index (χ1v) is 8.89. The predicted octanol–water partition coefficient (Wildman–Crippen LogP) is 3.30. The van der Waals surface area contributed by atoms with E-state index in [2.05, 4.69) is 15.5 Å². The summed E-state index contributed by atoms with van der Waals surface area (Å²) >= 11 is 0. The van der Waals surface area contributed by atoms with Crippen LogP contribution < -0.4 is 14.8 Å². The van der Waals surface area contributed by atoms with Crippen molar-refractivity contribution in [2.45, 2.75) is 6.92 Å². The third-order valence-corrected chi connectivity index (χ3v) is 3.91. The number of carbonyl (C=O) groups is 1. The maximum absolute atomic E-state index is 13.4. The number of nitrogens with one attached hydrogen (secondary N) is 1. The summed E-state index contributed by atoms with van der Waals surface area (Å²) in [6.45, 7) is 2.00. The number of hydrogen-bond donors (Lipinski definition) is 1. The van der Waals surface area contributed by atoms with Crippen LogP contribution >= 0.6 is 0 Å². The van der Waals surface area contributed by atoms with Crippen LogP contribution in [0.1, 0.15) is 5.56 Å². The first-order valence-electron chi connectivity index (χ1n) is 8.89. The van der Waals surface area contributed by atoms with E-state index in [9.17, 15) is 13.6 Å². The lowest BCUT2D eigenvalue weighted by Gasteiger charge is -2.09. The molecule has 6 nitrogen and oxygen atoms in total. The largest absolute Gasteiger partial charge is 0.481 e. The smallest absolute Gasteiger partial charge is 0.258 e. The Labute approximate surface area is 166 Å². The molecule has 0 bridgehead atoms. The molecule has 0 fully saturated rings. The first kappa shape index (κ1) is 20.2. The highest BCUT2D eigenvalue weighted by molar-refractivity contribution is 5.77. The van der Waals surface area contributed by atoms with E-state index < -0.39 is 24.1 Å². The van der Waals surface area contributed by atoms with Gasteiger partial charge in [0.1, 0.15) is 12.4 Å². The van der Waals surface area contributed by atoms with E-state index in [0.717, 1.165) is 29.0 Å². The summed E-state index contributed by atoms with van der Waals surface area (Å²) in [5, 5.41) is 10.7. The molecule has 3 rings (SSSR count). The average Bonchev–Trinajstić information content (AvgIpc) is 2.72. The van der Waals surface area contributed by atoms with Crippen molar-refractivity contribution in [3.8, 4) is 22.9 Å². The second kappa shape index (κ2) is 9.59. The normalized spacial score (nSPS) is 10.4. The number of rotatable bonds is 8. The lowest BCUT2D eigenvalue weighted by molar-refractivity contribution is -0.123. The lowest BCUT2D eigenvalue weighted by atomic mass is 10.1. The van der Waals surface area contributed by atoms with E-state index in [1.807, 2.05) is 31.2 Å². The number of carbonyl (C=O) groups excluding carboxylic acids is 1. The van der Waals surface area contributed by atoms with Crippen LogP contribution in [0.2, 0.25) is 0 Å². The molecule has 1 amide bonds. The van der Waals surface area contributed by atoms with Crippen molar-refractivity contribution in [2.75, 3.05) is 19.8 Å². The fourth-order valence-corrected chi connectivity index (χ4v) is 2.41. The van der Waals surface area contributed by atoms with Crippen molar-refractivity contribution in [2.24, 2.45) is 0 Å². The number of benzene rings is 2. The van der Waals surface area contributed by atoms with E-state index in [-0.39, 0.29) is 18.9 Å². The summed E-state index contributed by atoms with van der Waals surface area (Å²) in [6.07, 6.45) is 0. The average molecular weight is 399 g/mol. The Hall–Kier alpha value is -3.55. The fraction of sp³-hybridized carbons (Fsp3) is 0.190. The molecule has 1 N–H and O–H groups in total. The molecule has 0 atom stereocenters. The van der Waals surface area contributed by atoms with Gasteiger partial charge in [-0.3, -0.25) is 4.79 Å². The molecule has 3 aromatic rings. The van der Waals surface area contributed by atoms with Crippen LogP contribution in [0.3, 0.4) is 0 Å². The Morgan fingerprint density at radius 3 is 2.48 bits per heavy atom. The van der Waals surface area contributed by atoms with Crippen LogP contribution in [-0.2, 0) is 4.79 Å². The fourth-order valence-electron chi connectivity index (χ4n) is 2.41. The minimum atomic E-state index is -0.867. The van der Waals surface area contributed by atoms with Crippen molar-refractivity contribution in [3.63, 3.8) is 0 Å². The SMILES string of the molecule is Cc1ccc(-c2ccc(OCCNC(=O)COc3ccc(F)cc3F)nn2)cc1. The number of halogens is 2. The van der Waals surface area contributed by atoms with Crippen LogP contribution in [0, 0.1) is 18.6 Å². The van der Waals surface area contributed by atoms with Gasteiger partial charge in [0.15, 0.2) is 18.2 Å². The van der Waals surface area contributed by atoms with Crippen molar-refractivity contribution < 1.29 is 23.0 Å². The van der Waals surface area contributed by atoms with Crippen molar-refractivity contribution in [3.05, 3.63) is 71.8 Å². The lowest BCUT2D eigenvalue weighted by Crippen LogP contribution is -2.32. The molecular formula is C21H19F2N3O3. The van der Waals surface area contributed by atoms with E-state index in [1.165, 1.54) is 0 Å². The highest BCUT2D eigenvalue weighted by Gasteiger charge is 2.08. The van der Waals surface area contributed by atoms with E-state index in [4.69, 9.17) is 9.47 Å². The maximum Gasteiger partial charge on any atom is 0.258 e. The third-order valence-electron chi connectivity index (χ3n) is 3.91. The second-order valence-electron chi connectivity index (χ2n) is 6.18. The standard InChI is InChI=1S/C21H19F2N3O3/c1-14-2-4-15(5-3-14)18-7-9-21(26-25-18)28-11-10-24-20(27)13-29-19-8-6-16(22)12-17(19)23/h2-9,12H,10-11,13H2,1H3,(H,24,27). The zero-order valence-corrected chi connectivity index (χ0v) is 15.7. The first-order chi connectivity index (χ1) is 14.0. The Bertz CT molecular complexity index is 964. The van der Waals surface area contributed by atoms with Gasteiger partial charge in [0, 0.05) is 17.7 Å². The van der Waals surface area contributed by atoms with Gasteiger partial charge in [0.05, 0.1) is 12.2 Å². The summed E-state index contributed by atoms with van der Waals surface area (Å²) < 4.78 is 36.7. The highest BCUT2D eigenvalue weighted by atomic mass is 19.1. The molecule has 0 aliphatic rings. The third kappa shape index (κ3) is 5.97. The molecule has 0 aliphatic carbocycles. The van der Waals surface area contributed by atoms with Gasteiger partial charge in [-0.1, -0.05) is 29.8 Å². The number of ether oxygens (including phenoxy) is 2. The van der Waals surface area contributed by atoms with Crippen LogP contribution in [0.4, 0.5) is 8.78 Å². The Morgan fingerprint density at radius 1 is 1.00 bits per heavy atom. The second-order valence-corrected chi connectivity index (χ2v) is 6.18. The van der Waals surface area contributed by atoms with Gasteiger partial charge in [0.25, 0.3) is 5.91 Å². The molecule has 0 radical (unpaired) electrons. The van der Waals surface area contributed by atoms with Gasteiger partial charge < -0.3 is 14.8 Å². The van der Waals surface area contributed by atoms with Gasteiger partial charge in [-0.15, -0.1) is 10.2 Å². The molecule has 29 heavy (non-hydrogen) atoms. The minimum absolute atomic E-state index is 0.176. The maximum atomic E-state index is 13.4. The minimum Gasteiger partial charge on any atom is -0.481 e. The number of nitrogens with zero attached hydrogens (tertiary/aromatic N) is 2.